The Morgan fingerprint density at radius 1 is 1.41 bits per heavy atom. The van der Waals surface area contributed by atoms with Gasteiger partial charge in [-0.15, -0.1) is 0 Å². The summed E-state index contributed by atoms with van der Waals surface area (Å²) in [7, 11) is 1.99. The lowest BCUT2D eigenvalue weighted by Gasteiger charge is -2.45. The molecule has 0 unspecified atom stereocenters. The highest BCUT2D eigenvalue weighted by atomic mass is 15.3. The van der Waals surface area contributed by atoms with Crippen molar-refractivity contribution in [3.63, 3.8) is 0 Å². The first kappa shape index (κ1) is 11.2. The number of aromatic nitrogens is 2. The van der Waals surface area contributed by atoms with Crippen LogP contribution in [0.2, 0.25) is 0 Å². The Morgan fingerprint density at radius 2 is 2.24 bits per heavy atom. The van der Waals surface area contributed by atoms with E-state index < -0.39 is 0 Å². The minimum absolute atomic E-state index is 0.426. The van der Waals surface area contributed by atoms with E-state index in [-0.39, 0.29) is 0 Å². The molecule has 2 heterocycles. The first-order chi connectivity index (χ1) is 8.28. The van der Waals surface area contributed by atoms with Crippen LogP contribution in [0.25, 0.3) is 0 Å². The van der Waals surface area contributed by atoms with Crippen LogP contribution in [-0.4, -0.2) is 39.9 Å². The fraction of sp³-hybridized carbons (Fsp3) is 0.769. The van der Waals surface area contributed by atoms with E-state index in [0.717, 1.165) is 19.6 Å². The summed E-state index contributed by atoms with van der Waals surface area (Å²) >= 11 is 0. The maximum Gasteiger partial charge on any atom is 0.0764 e. The Hall–Kier alpha value is -0.870. The van der Waals surface area contributed by atoms with Gasteiger partial charge < -0.3 is 5.32 Å². The number of aryl methyl sites for hydroxylation is 1. The number of hydrogen-bond donors (Lipinski definition) is 1. The third-order valence-electron chi connectivity index (χ3n) is 4.34. The number of rotatable bonds is 2. The molecule has 1 spiro atoms. The SMILES string of the molecule is Cn1ccc(CN2CCNCC23CCCC3)n1. The molecule has 0 atom stereocenters. The van der Waals surface area contributed by atoms with Gasteiger partial charge in [-0.25, -0.2) is 0 Å². The summed E-state index contributed by atoms with van der Waals surface area (Å²) in [5.41, 5.74) is 1.64. The van der Waals surface area contributed by atoms with E-state index in [1.165, 1.54) is 37.9 Å². The van der Waals surface area contributed by atoms with Crippen LogP contribution in [0.15, 0.2) is 12.3 Å². The summed E-state index contributed by atoms with van der Waals surface area (Å²) < 4.78 is 1.90. The van der Waals surface area contributed by atoms with Gasteiger partial charge in [0.1, 0.15) is 0 Å². The Morgan fingerprint density at radius 3 is 2.94 bits per heavy atom. The van der Waals surface area contributed by atoms with Crippen molar-refractivity contribution < 1.29 is 0 Å². The van der Waals surface area contributed by atoms with E-state index in [1.807, 2.05) is 17.9 Å². The first-order valence-electron chi connectivity index (χ1n) is 6.73. The maximum absolute atomic E-state index is 4.51. The first-order valence-corrected chi connectivity index (χ1v) is 6.73. The van der Waals surface area contributed by atoms with Crippen molar-refractivity contribution in [2.45, 2.75) is 37.8 Å². The molecule has 3 rings (SSSR count). The van der Waals surface area contributed by atoms with Crippen molar-refractivity contribution >= 4 is 0 Å². The van der Waals surface area contributed by atoms with Crippen LogP contribution in [0.5, 0.6) is 0 Å². The third kappa shape index (κ3) is 2.11. The molecule has 17 heavy (non-hydrogen) atoms. The Bertz CT molecular complexity index is 379. The van der Waals surface area contributed by atoms with Gasteiger partial charge in [0.05, 0.1) is 5.69 Å². The second kappa shape index (κ2) is 4.42. The van der Waals surface area contributed by atoms with Crippen LogP contribution in [0.4, 0.5) is 0 Å². The van der Waals surface area contributed by atoms with Gasteiger partial charge in [0, 0.05) is 45.0 Å². The second-order valence-corrected chi connectivity index (χ2v) is 5.51. The molecule has 0 radical (unpaired) electrons. The lowest BCUT2D eigenvalue weighted by Crippen LogP contribution is -2.59. The molecular weight excluding hydrogens is 212 g/mol. The molecule has 2 aliphatic rings. The minimum atomic E-state index is 0.426. The molecule has 1 aliphatic heterocycles. The summed E-state index contributed by atoms with van der Waals surface area (Å²) in [4.78, 5) is 2.67. The monoisotopic (exact) mass is 234 g/mol. The number of nitrogens with one attached hydrogen (secondary N) is 1. The Labute approximate surface area is 103 Å². The average molecular weight is 234 g/mol. The molecule has 0 amide bonds. The smallest absolute Gasteiger partial charge is 0.0764 e. The summed E-state index contributed by atoms with van der Waals surface area (Å²) in [6, 6.07) is 2.14. The molecule has 0 bridgehead atoms. The number of piperazine rings is 1. The second-order valence-electron chi connectivity index (χ2n) is 5.51. The van der Waals surface area contributed by atoms with Gasteiger partial charge in [0.2, 0.25) is 0 Å². The van der Waals surface area contributed by atoms with Crippen molar-refractivity contribution in [1.82, 2.24) is 20.0 Å². The van der Waals surface area contributed by atoms with Gasteiger partial charge in [0.15, 0.2) is 0 Å². The lowest BCUT2D eigenvalue weighted by atomic mass is 9.92. The zero-order valence-corrected chi connectivity index (χ0v) is 10.7. The van der Waals surface area contributed by atoms with Gasteiger partial charge in [0.25, 0.3) is 0 Å². The van der Waals surface area contributed by atoms with E-state index >= 15 is 0 Å². The molecule has 1 aliphatic carbocycles. The van der Waals surface area contributed by atoms with Crippen molar-refractivity contribution in [1.29, 1.82) is 0 Å². The van der Waals surface area contributed by atoms with Crippen molar-refractivity contribution in [3.05, 3.63) is 18.0 Å². The van der Waals surface area contributed by atoms with Crippen LogP contribution in [0, 0.1) is 0 Å². The molecule has 4 nitrogen and oxygen atoms in total. The molecule has 1 aromatic rings. The van der Waals surface area contributed by atoms with Gasteiger partial charge in [-0.05, 0) is 18.9 Å². The lowest BCUT2D eigenvalue weighted by molar-refractivity contribution is 0.0559. The highest BCUT2D eigenvalue weighted by Gasteiger charge is 2.41. The summed E-state index contributed by atoms with van der Waals surface area (Å²) in [5, 5.41) is 8.09. The molecule has 4 heteroatoms. The largest absolute Gasteiger partial charge is 0.314 e. The maximum atomic E-state index is 4.51. The van der Waals surface area contributed by atoms with Crippen LogP contribution in [0.3, 0.4) is 0 Å². The highest BCUT2D eigenvalue weighted by molar-refractivity contribution is 5.05. The average Bonchev–Trinajstić information content (AvgIpc) is 2.93. The molecule has 1 saturated heterocycles. The zero-order valence-electron chi connectivity index (χ0n) is 10.7. The van der Waals surface area contributed by atoms with Crippen molar-refractivity contribution in [2.75, 3.05) is 19.6 Å². The Kier molecular flexibility index (Phi) is 2.92. The third-order valence-corrected chi connectivity index (χ3v) is 4.34. The van der Waals surface area contributed by atoms with E-state index in [2.05, 4.69) is 21.4 Å². The molecule has 94 valence electrons. The number of hydrogen-bond acceptors (Lipinski definition) is 3. The molecule has 1 aromatic heterocycles. The van der Waals surface area contributed by atoms with E-state index in [1.54, 1.807) is 0 Å². The molecule has 0 aromatic carbocycles. The summed E-state index contributed by atoms with van der Waals surface area (Å²) in [6.07, 6.45) is 7.53. The number of nitrogens with zero attached hydrogens (tertiary/aromatic N) is 3. The topological polar surface area (TPSA) is 33.1 Å². The standard InChI is InChI=1S/C13H22N4/c1-16-8-4-12(15-16)10-17-9-7-14-11-13(17)5-2-3-6-13/h4,8,14H,2-3,5-7,9-11H2,1H3. The van der Waals surface area contributed by atoms with Crippen LogP contribution >= 0.6 is 0 Å². The predicted molar refractivity (Wildman–Crippen MR) is 67.7 cm³/mol. The molecule has 1 N–H and O–H groups in total. The van der Waals surface area contributed by atoms with Gasteiger partial charge in [-0.1, -0.05) is 12.8 Å². The fourth-order valence-electron chi connectivity index (χ4n) is 3.40. The predicted octanol–water partition coefficient (Wildman–Crippen LogP) is 1.14. The van der Waals surface area contributed by atoms with E-state index in [4.69, 9.17) is 0 Å². The molecular formula is C13H22N4. The normalized spacial score (nSPS) is 24.5. The molecule has 2 fully saturated rings. The minimum Gasteiger partial charge on any atom is -0.314 e. The van der Waals surface area contributed by atoms with Gasteiger partial charge in [-0.2, -0.15) is 5.10 Å². The quantitative estimate of drug-likeness (QED) is 0.833. The van der Waals surface area contributed by atoms with Crippen LogP contribution in [0.1, 0.15) is 31.4 Å². The van der Waals surface area contributed by atoms with Crippen LogP contribution in [-0.2, 0) is 13.6 Å². The summed E-state index contributed by atoms with van der Waals surface area (Å²) in [5.74, 6) is 0. The highest BCUT2D eigenvalue weighted by Crippen LogP contribution is 2.36. The van der Waals surface area contributed by atoms with Gasteiger partial charge in [-0.3, -0.25) is 9.58 Å². The van der Waals surface area contributed by atoms with Crippen LogP contribution < -0.4 is 5.32 Å². The van der Waals surface area contributed by atoms with Crippen molar-refractivity contribution in [3.8, 4) is 0 Å². The zero-order chi connectivity index (χ0) is 11.7. The Balaban J connectivity index is 1.75. The van der Waals surface area contributed by atoms with Crippen molar-refractivity contribution in [2.24, 2.45) is 7.05 Å². The van der Waals surface area contributed by atoms with E-state index in [0.29, 0.717) is 5.54 Å². The fourth-order valence-corrected chi connectivity index (χ4v) is 3.40. The molecule has 1 saturated carbocycles. The van der Waals surface area contributed by atoms with Gasteiger partial charge >= 0.3 is 0 Å². The summed E-state index contributed by atoms with van der Waals surface area (Å²) in [6.45, 7) is 4.47. The van der Waals surface area contributed by atoms with E-state index in [9.17, 15) is 0 Å².